The van der Waals surface area contributed by atoms with E-state index in [0.717, 1.165) is 11.3 Å². The number of carbonyl (C=O) groups is 2. The van der Waals surface area contributed by atoms with Gasteiger partial charge < -0.3 is 10.6 Å². The fourth-order valence-corrected chi connectivity index (χ4v) is 4.55. The first-order valence-electron chi connectivity index (χ1n) is 8.89. The Hall–Kier alpha value is -2.40. The maximum absolute atomic E-state index is 12.8. The monoisotopic (exact) mass is 498 g/mol. The van der Waals surface area contributed by atoms with Crippen molar-refractivity contribution in [1.82, 2.24) is 10.3 Å². The van der Waals surface area contributed by atoms with Gasteiger partial charge in [-0.3, -0.25) is 19.7 Å². The van der Waals surface area contributed by atoms with Gasteiger partial charge in [0.25, 0.3) is 11.6 Å². The molecule has 1 aromatic heterocycles. The van der Waals surface area contributed by atoms with Crippen LogP contribution in [0.15, 0.2) is 36.4 Å². The van der Waals surface area contributed by atoms with Gasteiger partial charge in [-0.2, -0.15) is 11.8 Å². The van der Waals surface area contributed by atoms with Crippen LogP contribution in [0.2, 0.25) is 10.0 Å². The molecule has 0 fully saturated rings. The Labute approximate surface area is 195 Å². The molecule has 162 valence electrons. The number of non-ortho nitro benzene ring substituents is 1. The summed E-state index contributed by atoms with van der Waals surface area (Å²) in [4.78, 5) is 40.2. The number of carbonyl (C=O) groups excluding carboxylic acids is 2. The van der Waals surface area contributed by atoms with E-state index in [-0.39, 0.29) is 21.4 Å². The Kier molecular flexibility index (Phi) is 7.71. The van der Waals surface area contributed by atoms with Crippen molar-refractivity contribution in [3.05, 3.63) is 62.1 Å². The molecule has 0 radical (unpaired) electrons. The number of amides is 2. The van der Waals surface area contributed by atoms with E-state index in [1.807, 2.05) is 6.26 Å². The third kappa shape index (κ3) is 5.85. The Morgan fingerprint density at radius 3 is 2.71 bits per heavy atom. The molecule has 1 heterocycles. The summed E-state index contributed by atoms with van der Waals surface area (Å²) in [6, 6.07) is 7.94. The quantitative estimate of drug-likeness (QED) is 0.333. The van der Waals surface area contributed by atoms with Crippen molar-refractivity contribution >= 4 is 79.2 Å². The molecule has 0 aliphatic heterocycles. The number of hydrogen-bond donors (Lipinski definition) is 2. The molecule has 3 rings (SSSR count). The molecule has 0 unspecified atom stereocenters. The molecule has 2 N–H and O–H groups in total. The molecule has 0 aliphatic rings. The standard InChI is InChI=1S/C19H16Cl2N4O4S2/c1-30-7-6-15(22-17(26)12-4-2-10(20)8-13(12)21)18(27)24-19-23-14-5-3-11(25(28)29)9-16(14)31-19/h2-5,8-9,15H,6-7H2,1H3,(H,22,26)(H,23,24,27)/t15-/m1/s1. The fourth-order valence-electron chi connectivity index (χ4n) is 2.69. The number of aromatic nitrogens is 1. The van der Waals surface area contributed by atoms with Crippen LogP contribution in [0.5, 0.6) is 0 Å². The Morgan fingerprint density at radius 2 is 2.03 bits per heavy atom. The number of thioether (sulfide) groups is 1. The van der Waals surface area contributed by atoms with Crippen LogP contribution in [-0.4, -0.2) is 39.8 Å². The van der Waals surface area contributed by atoms with E-state index in [1.165, 1.54) is 42.1 Å². The number of nitrogens with one attached hydrogen (secondary N) is 2. The topological polar surface area (TPSA) is 114 Å². The molecule has 0 saturated heterocycles. The second-order valence-electron chi connectivity index (χ2n) is 6.35. The highest BCUT2D eigenvalue weighted by Gasteiger charge is 2.23. The van der Waals surface area contributed by atoms with Gasteiger partial charge in [0.1, 0.15) is 6.04 Å². The van der Waals surface area contributed by atoms with Crippen molar-refractivity contribution in [2.45, 2.75) is 12.5 Å². The highest BCUT2D eigenvalue weighted by Crippen LogP contribution is 2.29. The van der Waals surface area contributed by atoms with Gasteiger partial charge in [0.15, 0.2) is 5.13 Å². The minimum Gasteiger partial charge on any atom is -0.340 e. The molecule has 8 nitrogen and oxygen atoms in total. The van der Waals surface area contributed by atoms with E-state index in [9.17, 15) is 19.7 Å². The zero-order valence-corrected chi connectivity index (χ0v) is 19.2. The first-order chi connectivity index (χ1) is 14.8. The highest BCUT2D eigenvalue weighted by atomic mass is 35.5. The number of rotatable bonds is 8. The lowest BCUT2D eigenvalue weighted by atomic mass is 10.1. The molecule has 0 spiro atoms. The molecule has 31 heavy (non-hydrogen) atoms. The Bertz CT molecular complexity index is 1160. The van der Waals surface area contributed by atoms with Gasteiger partial charge in [-0.25, -0.2) is 4.98 Å². The van der Waals surface area contributed by atoms with Crippen LogP contribution >= 0.6 is 46.3 Å². The van der Waals surface area contributed by atoms with Crippen LogP contribution in [0, 0.1) is 10.1 Å². The maximum Gasteiger partial charge on any atom is 0.270 e. The second kappa shape index (κ2) is 10.3. The zero-order valence-electron chi connectivity index (χ0n) is 16.1. The fraction of sp³-hybridized carbons (Fsp3) is 0.211. The third-order valence-electron chi connectivity index (χ3n) is 4.22. The molecular formula is C19H16Cl2N4O4S2. The van der Waals surface area contributed by atoms with Crippen molar-refractivity contribution in [2.75, 3.05) is 17.3 Å². The zero-order chi connectivity index (χ0) is 22.5. The van der Waals surface area contributed by atoms with Gasteiger partial charge >= 0.3 is 0 Å². The molecule has 2 aromatic carbocycles. The van der Waals surface area contributed by atoms with Crippen molar-refractivity contribution in [3.8, 4) is 0 Å². The van der Waals surface area contributed by atoms with Gasteiger partial charge in [0, 0.05) is 17.2 Å². The summed E-state index contributed by atoms with van der Waals surface area (Å²) in [5.74, 6) is -0.303. The second-order valence-corrected chi connectivity index (χ2v) is 9.21. The average molecular weight is 499 g/mol. The van der Waals surface area contributed by atoms with Gasteiger partial charge in [-0.15, -0.1) is 0 Å². The maximum atomic E-state index is 12.8. The lowest BCUT2D eigenvalue weighted by Gasteiger charge is -2.18. The lowest BCUT2D eigenvalue weighted by molar-refractivity contribution is -0.384. The van der Waals surface area contributed by atoms with Gasteiger partial charge in [0.05, 0.1) is 25.7 Å². The predicted octanol–water partition coefficient (Wildman–Crippen LogP) is 5.00. The minimum atomic E-state index is -0.826. The Morgan fingerprint density at radius 1 is 1.26 bits per heavy atom. The minimum absolute atomic E-state index is 0.0565. The number of benzene rings is 2. The number of nitro benzene ring substituents is 1. The normalized spacial score (nSPS) is 11.8. The molecule has 0 bridgehead atoms. The number of fused-ring (bicyclic) bond motifs is 1. The molecule has 3 aromatic rings. The van der Waals surface area contributed by atoms with Crippen LogP contribution in [0.25, 0.3) is 10.2 Å². The van der Waals surface area contributed by atoms with Crippen LogP contribution < -0.4 is 10.6 Å². The summed E-state index contributed by atoms with van der Waals surface area (Å²) >= 11 is 14.6. The van der Waals surface area contributed by atoms with Crippen LogP contribution in [0.1, 0.15) is 16.8 Å². The van der Waals surface area contributed by atoms with Gasteiger partial charge in [-0.05, 0) is 42.7 Å². The van der Waals surface area contributed by atoms with Gasteiger partial charge in [0.2, 0.25) is 5.91 Å². The molecule has 12 heteroatoms. The average Bonchev–Trinajstić information content (AvgIpc) is 3.12. The molecule has 0 aliphatic carbocycles. The molecule has 1 atom stereocenters. The number of nitrogens with zero attached hydrogens (tertiary/aromatic N) is 2. The lowest BCUT2D eigenvalue weighted by Crippen LogP contribution is -2.44. The first kappa shape index (κ1) is 23.3. The van der Waals surface area contributed by atoms with E-state index in [4.69, 9.17) is 23.2 Å². The van der Waals surface area contributed by atoms with E-state index < -0.39 is 22.8 Å². The van der Waals surface area contributed by atoms with Crippen LogP contribution in [0.4, 0.5) is 10.8 Å². The summed E-state index contributed by atoms with van der Waals surface area (Å²) in [7, 11) is 0. The van der Waals surface area contributed by atoms with Crippen LogP contribution in [-0.2, 0) is 4.79 Å². The van der Waals surface area contributed by atoms with Crippen molar-refractivity contribution in [2.24, 2.45) is 0 Å². The molecule has 0 saturated carbocycles. The highest BCUT2D eigenvalue weighted by molar-refractivity contribution is 7.98. The predicted molar refractivity (Wildman–Crippen MR) is 126 cm³/mol. The van der Waals surface area contributed by atoms with Crippen molar-refractivity contribution < 1.29 is 14.5 Å². The third-order valence-corrected chi connectivity index (χ3v) is 6.35. The number of anilines is 1. The summed E-state index contributed by atoms with van der Waals surface area (Å²) in [6.45, 7) is 0. The van der Waals surface area contributed by atoms with Crippen molar-refractivity contribution in [1.29, 1.82) is 0 Å². The van der Waals surface area contributed by atoms with Gasteiger partial charge in [-0.1, -0.05) is 34.5 Å². The van der Waals surface area contributed by atoms with E-state index in [1.54, 1.807) is 6.07 Å². The SMILES string of the molecule is CSCC[C@@H](NC(=O)c1ccc(Cl)cc1Cl)C(=O)Nc1nc2ccc([N+](=O)[O-])cc2s1. The number of nitro groups is 1. The number of thiazole rings is 1. The van der Waals surface area contributed by atoms with E-state index >= 15 is 0 Å². The number of hydrogen-bond acceptors (Lipinski definition) is 7. The summed E-state index contributed by atoms with van der Waals surface area (Å²) in [5.41, 5.74) is 0.683. The smallest absolute Gasteiger partial charge is 0.270 e. The van der Waals surface area contributed by atoms with Crippen LogP contribution in [0.3, 0.4) is 0 Å². The molecular weight excluding hydrogens is 483 g/mol. The van der Waals surface area contributed by atoms with Crippen molar-refractivity contribution in [3.63, 3.8) is 0 Å². The summed E-state index contributed by atoms with van der Waals surface area (Å²) < 4.78 is 0.571. The summed E-state index contributed by atoms with van der Waals surface area (Å²) in [6.07, 6.45) is 2.29. The largest absolute Gasteiger partial charge is 0.340 e. The molecule has 2 amide bonds. The van der Waals surface area contributed by atoms with E-state index in [0.29, 0.717) is 27.4 Å². The first-order valence-corrected chi connectivity index (χ1v) is 11.9. The van der Waals surface area contributed by atoms with E-state index in [2.05, 4.69) is 15.6 Å². The number of halogens is 2. The summed E-state index contributed by atoms with van der Waals surface area (Å²) in [5, 5.41) is 17.2. The Balaban J connectivity index is 1.77.